The molecule has 27 heavy (non-hydrogen) atoms. The number of carbonyl (C=O) groups is 1. The summed E-state index contributed by atoms with van der Waals surface area (Å²) in [6.45, 7) is 6.61. The van der Waals surface area contributed by atoms with Crippen molar-refractivity contribution in [2.24, 2.45) is 0 Å². The van der Waals surface area contributed by atoms with Crippen LogP contribution in [0.25, 0.3) is 22.2 Å². The van der Waals surface area contributed by atoms with Crippen LogP contribution < -0.4 is 11.1 Å². The summed E-state index contributed by atoms with van der Waals surface area (Å²) < 4.78 is 7.22. The van der Waals surface area contributed by atoms with Crippen LogP contribution in [0.5, 0.6) is 0 Å². The molecule has 7 heteroatoms. The van der Waals surface area contributed by atoms with E-state index in [1.165, 1.54) is 0 Å². The van der Waals surface area contributed by atoms with E-state index in [1.54, 1.807) is 0 Å². The summed E-state index contributed by atoms with van der Waals surface area (Å²) in [5, 5.41) is 2.93. The van der Waals surface area contributed by atoms with E-state index in [4.69, 9.17) is 20.4 Å². The molecule has 0 bridgehead atoms. The first-order valence-corrected chi connectivity index (χ1v) is 9.57. The van der Waals surface area contributed by atoms with Crippen LogP contribution >= 0.6 is 0 Å². The fourth-order valence-electron chi connectivity index (χ4n) is 3.09. The van der Waals surface area contributed by atoms with Crippen molar-refractivity contribution < 1.29 is 9.53 Å². The SMILES string of the molecule is CCCCn1c(N)c(C(=O)NCCCOCC)c2nc3ccccc3nc21. The van der Waals surface area contributed by atoms with E-state index in [0.29, 0.717) is 48.8 Å². The molecule has 0 aliphatic carbocycles. The number of aryl methyl sites for hydroxylation is 1. The Bertz CT molecular complexity index is 935. The van der Waals surface area contributed by atoms with Crippen LogP contribution in [0, 0.1) is 0 Å². The summed E-state index contributed by atoms with van der Waals surface area (Å²) in [6.07, 6.45) is 2.74. The number of hydrogen-bond acceptors (Lipinski definition) is 5. The molecule has 0 aliphatic heterocycles. The number of benzene rings is 1. The summed E-state index contributed by atoms with van der Waals surface area (Å²) in [5.74, 6) is 0.213. The van der Waals surface area contributed by atoms with Gasteiger partial charge in [-0.25, -0.2) is 9.97 Å². The van der Waals surface area contributed by atoms with E-state index in [2.05, 4.69) is 12.2 Å². The van der Waals surface area contributed by atoms with Gasteiger partial charge in [-0.3, -0.25) is 4.79 Å². The molecule has 0 atom stereocenters. The average molecular weight is 369 g/mol. The quantitative estimate of drug-likeness (QED) is 0.565. The number of ether oxygens (including phenoxy) is 1. The van der Waals surface area contributed by atoms with Gasteiger partial charge in [-0.05, 0) is 31.9 Å². The lowest BCUT2D eigenvalue weighted by Gasteiger charge is -2.07. The first-order valence-electron chi connectivity index (χ1n) is 9.57. The van der Waals surface area contributed by atoms with Crippen molar-refractivity contribution in [2.75, 3.05) is 25.5 Å². The molecule has 3 aromatic rings. The lowest BCUT2D eigenvalue weighted by molar-refractivity contribution is 0.0946. The second-order valence-electron chi connectivity index (χ2n) is 6.46. The lowest BCUT2D eigenvalue weighted by atomic mass is 10.2. The molecule has 0 radical (unpaired) electrons. The first-order chi connectivity index (χ1) is 13.2. The number of unbranched alkanes of at least 4 members (excludes halogenated alkanes) is 1. The zero-order valence-corrected chi connectivity index (χ0v) is 16.0. The van der Waals surface area contributed by atoms with Gasteiger partial charge in [0.2, 0.25) is 0 Å². The predicted octanol–water partition coefficient (Wildman–Crippen LogP) is 3.12. The minimum atomic E-state index is -0.214. The number of hydrogen-bond donors (Lipinski definition) is 2. The van der Waals surface area contributed by atoms with E-state index in [1.807, 2.05) is 35.8 Å². The Balaban J connectivity index is 1.98. The second kappa shape index (κ2) is 8.81. The zero-order valence-electron chi connectivity index (χ0n) is 16.0. The zero-order chi connectivity index (χ0) is 19.2. The second-order valence-corrected chi connectivity index (χ2v) is 6.46. The Morgan fingerprint density at radius 3 is 2.63 bits per heavy atom. The molecular formula is C20H27N5O2. The number of aromatic nitrogens is 3. The predicted molar refractivity (Wildman–Crippen MR) is 108 cm³/mol. The van der Waals surface area contributed by atoms with Crippen LogP contribution in [-0.4, -0.2) is 40.2 Å². The third-order valence-electron chi connectivity index (χ3n) is 4.51. The van der Waals surface area contributed by atoms with Crippen molar-refractivity contribution in [1.82, 2.24) is 19.9 Å². The Labute approximate surface area is 158 Å². The molecule has 1 aromatic carbocycles. The molecule has 0 unspecified atom stereocenters. The Morgan fingerprint density at radius 2 is 1.93 bits per heavy atom. The van der Waals surface area contributed by atoms with Gasteiger partial charge in [0.05, 0.1) is 11.0 Å². The van der Waals surface area contributed by atoms with Gasteiger partial charge in [0, 0.05) is 26.3 Å². The van der Waals surface area contributed by atoms with Gasteiger partial charge in [-0.1, -0.05) is 25.5 Å². The minimum Gasteiger partial charge on any atom is -0.384 e. The number of nitrogens with one attached hydrogen (secondary N) is 1. The van der Waals surface area contributed by atoms with Gasteiger partial charge in [0.25, 0.3) is 5.91 Å². The number of fused-ring (bicyclic) bond motifs is 2. The van der Waals surface area contributed by atoms with Crippen LogP contribution in [0.2, 0.25) is 0 Å². The maximum atomic E-state index is 12.8. The number of nitrogens with zero attached hydrogens (tertiary/aromatic N) is 3. The number of rotatable bonds is 9. The number of para-hydroxylation sites is 2. The number of nitrogen functional groups attached to an aromatic ring is 1. The smallest absolute Gasteiger partial charge is 0.257 e. The largest absolute Gasteiger partial charge is 0.384 e. The average Bonchev–Trinajstić information content (AvgIpc) is 2.94. The fourth-order valence-corrected chi connectivity index (χ4v) is 3.09. The third-order valence-corrected chi connectivity index (χ3v) is 4.51. The molecular weight excluding hydrogens is 342 g/mol. The van der Waals surface area contributed by atoms with Gasteiger partial charge in [-0.2, -0.15) is 0 Å². The Kier molecular flexibility index (Phi) is 6.24. The number of carbonyl (C=O) groups excluding carboxylic acids is 1. The Hall–Kier alpha value is -2.67. The fraction of sp³-hybridized carbons (Fsp3) is 0.450. The molecule has 0 aliphatic rings. The van der Waals surface area contributed by atoms with Crippen LogP contribution in [-0.2, 0) is 11.3 Å². The lowest BCUT2D eigenvalue weighted by Crippen LogP contribution is -2.26. The summed E-state index contributed by atoms with van der Waals surface area (Å²) in [7, 11) is 0. The van der Waals surface area contributed by atoms with Gasteiger partial charge in [0.15, 0.2) is 5.65 Å². The summed E-state index contributed by atoms with van der Waals surface area (Å²) >= 11 is 0. The summed E-state index contributed by atoms with van der Waals surface area (Å²) in [6, 6.07) is 7.65. The number of anilines is 1. The molecule has 0 saturated heterocycles. The molecule has 3 N–H and O–H groups in total. The van der Waals surface area contributed by atoms with Crippen molar-refractivity contribution in [2.45, 2.75) is 39.7 Å². The molecule has 0 spiro atoms. The highest BCUT2D eigenvalue weighted by atomic mass is 16.5. The molecule has 0 saturated carbocycles. The van der Waals surface area contributed by atoms with Crippen molar-refractivity contribution in [3.8, 4) is 0 Å². The van der Waals surface area contributed by atoms with Crippen LogP contribution in [0.1, 0.15) is 43.5 Å². The van der Waals surface area contributed by atoms with E-state index < -0.39 is 0 Å². The van der Waals surface area contributed by atoms with E-state index in [-0.39, 0.29) is 5.91 Å². The van der Waals surface area contributed by atoms with E-state index in [9.17, 15) is 4.79 Å². The third kappa shape index (κ3) is 4.03. The molecule has 2 heterocycles. The van der Waals surface area contributed by atoms with Gasteiger partial charge in [-0.15, -0.1) is 0 Å². The molecule has 2 aromatic heterocycles. The number of nitrogens with two attached hydrogens (primary N) is 1. The normalized spacial score (nSPS) is 11.3. The monoisotopic (exact) mass is 369 g/mol. The Morgan fingerprint density at radius 1 is 1.19 bits per heavy atom. The van der Waals surface area contributed by atoms with E-state index in [0.717, 1.165) is 30.3 Å². The van der Waals surface area contributed by atoms with Crippen molar-refractivity contribution in [1.29, 1.82) is 0 Å². The summed E-state index contributed by atoms with van der Waals surface area (Å²) in [4.78, 5) is 22.3. The van der Waals surface area contributed by atoms with Crippen LogP contribution in [0.15, 0.2) is 24.3 Å². The van der Waals surface area contributed by atoms with Crippen molar-refractivity contribution >= 4 is 33.9 Å². The summed E-state index contributed by atoms with van der Waals surface area (Å²) in [5.41, 5.74) is 9.56. The highest BCUT2D eigenvalue weighted by Gasteiger charge is 2.23. The van der Waals surface area contributed by atoms with Gasteiger partial charge in [0.1, 0.15) is 16.9 Å². The maximum Gasteiger partial charge on any atom is 0.257 e. The highest BCUT2D eigenvalue weighted by Crippen LogP contribution is 2.28. The molecule has 7 nitrogen and oxygen atoms in total. The van der Waals surface area contributed by atoms with E-state index >= 15 is 0 Å². The van der Waals surface area contributed by atoms with Gasteiger partial charge >= 0.3 is 0 Å². The topological polar surface area (TPSA) is 95.1 Å². The van der Waals surface area contributed by atoms with Gasteiger partial charge < -0.3 is 20.4 Å². The molecule has 144 valence electrons. The maximum absolute atomic E-state index is 12.8. The molecule has 3 rings (SSSR count). The molecule has 0 fully saturated rings. The highest BCUT2D eigenvalue weighted by molar-refractivity contribution is 6.10. The van der Waals surface area contributed by atoms with Crippen LogP contribution in [0.3, 0.4) is 0 Å². The minimum absolute atomic E-state index is 0.214. The number of amides is 1. The first kappa shape index (κ1) is 19.1. The standard InChI is InChI=1S/C20H27N5O2/c1-3-5-12-25-18(21)16(20(26)22-11-8-13-27-4-2)17-19(25)24-15-10-7-6-9-14(15)23-17/h6-7,9-10H,3-5,8,11-13,21H2,1-2H3,(H,22,26). The van der Waals surface area contributed by atoms with Crippen molar-refractivity contribution in [3.63, 3.8) is 0 Å². The van der Waals surface area contributed by atoms with Crippen molar-refractivity contribution in [3.05, 3.63) is 29.8 Å². The van der Waals surface area contributed by atoms with Crippen LogP contribution in [0.4, 0.5) is 5.82 Å². The molecule has 1 amide bonds.